The Kier molecular flexibility index (Phi) is 4.85. The molecule has 3 atom stereocenters. The molecule has 0 aromatic rings. The molecule has 0 amide bonds. The number of rotatable bonds is 4. The van der Waals surface area contributed by atoms with Gasteiger partial charge in [-0.15, -0.1) is 0 Å². The van der Waals surface area contributed by atoms with E-state index in [0.29, 0.717) is 18.6 Å². The van der Waals surface area contributed by atoms with Crippen molar-refractivity contribution in [3.63, 3.8) is 0 Å². The Morgan fingerprint density at radius 3 is 2.43 bits per heavy atom. The highest BCUT2D eigenvalue weighted by Gasteiger charge is 2.25. The lowest BCUT2D eigenvalue weighted by Gasteiger charge is -2.40. The van der Waals surface area contributed by atoms with Crippen molar-refractivity contribution in [3.8, 4) is 0 Å². The normalized spacial score (nSPS) is 31.7. The molecule has 1 aliphatic rings. The van der Waals surface area contributed by atoms with Gasteiger partial charge in [0.15, 0.2) is 0 Å². The fraction of sp³-hybridized carbons (Fsp3) is 1.00. The molecule has 3 heteroatoms. The summed E-state index contributed by atoms with van der Waals surface area (Å²) in [6.45, 7) is 6.03. The zero-order valence-corrected chi connectivity index (χ0v) is 9.66. The molecule has 0 saturated carbocycles. The second-order valence-electron chi connectivity index (χ2n) is 4.54. The summed E-state index contributed by atoms with van der Waals surface area (Å²) < 4.78 is 0. The first kappa shape index (κ1) is 12.0. The Labute approximate surface area is 87.5 Å². The first-order chi connectivity index (χ1) is 6.65. The Morgan fingerprint density at radius 2 is 1.93 bits per heavy atom. The number of likely N-dealkylation sites (N-methyl/N-ethyl adjacent to an activating group) is 1. The quantitative estimate of drug-likeness (QED) is 0.705. The molecule has 1 aliphatic heterocycles. The highest BCUT2D eigenvalue weighted by molar-refractivity contribution is 4.81. The summed E-state index contributed by atoms with van der Waals surface area (Å²) in [6.07, 6.45) is 3.65. The highest BCUT2D eigenvalue weighted by Crippen LogP contribution is 2.22. The van der Waals surface area contributed by atoms with Crippen molar-refractivity contribution in [2.45, 2.75) is 51.3 Å². The second-order valence-corrected chi connectivity index (χ2v) is 4.54. The smallest absolute Gasteiger partial charge is 0.0791 e. The SMILES string of the molecule is CNCC(O)CN1C(C)CCCC1C. The number of nitrogens with zero attached hydrogens (tertiary/aromatic N) is 1. The first-order valence-corrected chi connectivity index (χ1v) is 5.73. The average molecular weight is 200 g/mol. The fourth-order valence-electron chi connectivity index (χ4n) is 2.38. The molecule has 0 bridgehead atoms. The molecule has 1 saturated heterocycles. The van der Waals surface area contributed by atoms with Crippen LogP contribution >= 0.6 is 0 Å². The molecule has 3 nitrogen and oxygen atoms in total. The van der Waals surface area contributed by atoms with E-state index in [1.165, 1.54) is 19.3 Å². The molecule has 0 spiro atoms. The number of aliphatic hydroxyl groups is 1. The topological polar surface area (TPSA) is 35.5 Å². The molecule has 3 unspecified atom stereocenters. The number of likely N-dealkylation sites (tertiary alicyclic amines) is 1. The minimum absolute atomic E-state index is 0.233. The van der Waals surface area contributed by atoms with Crippen LogP contribution in [-0.4, -0.2) is 48.3 Å². The summed E-state index contributed by atoms with van der Waals surface area (Å²) in [5.41, 5.74) is 0. The van der Waals surface area contributed by atoms with Gasteiger partial charge in [0, 0.05) is 25.2 Å². The van der Waals surface area contributed by atoms with Gasteiger partial charge in [0.25, 0.3) is 0 Å². The lowest BCUT2D eigenvalue weighted by molar-refractivity contribution is 0.0426. The van der Waals surface area contributed by atoms with Crippen LogP contribution < -0.4 is 5.32 Å². The molecule has 0 radical (unpaired) electrons. The van der Waals surface area contributed by atoms with Crippen LogP contribution in [0.5, 0.6) is 0 Å². The summed E-state index contributed by atoms with van der Waals surface area (Å²) in [7, 11) is 1.88. The monoisotopic (exact) mass is 200 g/mol. The molecule has 0 aromatic carbocycles. The summed E-state index contributed by atoms with van der Waals surface area (Å²) >= 11 is 0. The number of hydrogen-bond donors (Lipinski definition) is 2. The maximum absolute atomic E-state index is 9.73. The van der Waals surface area contributed by atoms with E-state index in [9.17, 15) is 5.11 Å². The summed E-state index contributed by atoms with van der Waals surface area (Å²) in [6, 6.07) is 1.26. The van der Waals surface area contributed by atoms with Gasteiger partial charge in [0.2, 0.25) is 0 Å². The van der Waals surface area contributed by atoms with Crippen molar-refractivity contribution >= 4 is 0 Å². The zero-order chi connectivity index (χ0) is 10.6. The molecule has 14 heavy (non-hydrogen) atoms. The van der Waals surface area contributed by atoms with Gasteiger partial charge in [-0.3, -0.25) is 4.90 Å². The highest BCUT2D eigenvalue weighted by atomic mass is 16.3. The predicted molar refractivity (Wildman–Crippen MR) is 59.4 cm³/mol. The van der Waals surface area contributed by atoms with Gasteiger partial charge in [-0.1, -0.05) is 6.42 Å². The van der Waals surface area contributed by atoms with Crippen LogP contribution in [0.1, 0.15) is 33.1 Å². The van der Waals surface area contributed by atoms with E-state index in [1.54, 1.807) is 0 Å². The Morgan fingerprint density at radius 1 is 1.36 bits per heavy atom. The molecular weight excluding hydrogens is 176 g/mol. The number of hydrogen-bond acceptors (Lipinski definition) is 3. The van der Waals surface area contributed by atoms with Gasteiger partial charge in [-0.25, -0.2) is 0 Å². The minimum Gasteiger partial charge on any atom is -0.390 e. The van der Waals surface area contributed by atoms with Crippen LogP contribution in [0.25, 0.3) is 0 Å². The maximum Gasteiger partial charge on any atom is 0.0791 e. The molecule has 1 heterocycles. The summed E-state index contributed by atoms with van der Waals surface area (Å²) in [4.78, 5) is 2.44. The maximum atomic E-state index is 9.73. The molecule has 84 valence electrons. The number of β-amino-alcohol motifs (C(OH)–C–C–N with tert-alkyl or cyclic N) is 1. The van der Waals surface area contributed by atoms with E-state index in [0.717, 1.165) is 6.54 Å². The van der Waals surface area contributed by atoms with Gasteiger partial charge < -0.3 is 10.4 Å². The molecule has 2 N–H and O–H groups in total. The van der Waals surface area contributed by atoms with Crippen LogP contribution in [0.15, 0.2) is 0 Å². The van der Waals surface area contributed by atoms with Gasteiger partial charge in [0.1, 0.15) is 0 Å². The van der Waals surface area contributed by atoms with Crippen LogP contribution in [-0.2, 0) is 0 Å². The third-order valence-corrected chi connectivity index (χ3v) is 3.24. The van der Waals surface area contributed by atoms with E-state index >= 15 is 0 Å². The third kappa shape index (κ3) is 3.23. The Bertz CT molecular complexity index is 153. The van der Waals surface area contributed by atoms with Crippen molar-refractivity contribution in [1.82, 2.24) is 10.2 Å². The van der Waals surface area contributed by atoms with E-state index in [1.807, 2.05) is 7.05 Å². The number of nitrogens with one attached hydrogen (secondary N) is 1. The summed E-state index contributed by atoms with van der Waals surface area (Å²) in [5, 5.41) is 12.7. The minimum atomic E-state index is -0.233. The summed E-state index contributed by atoms with van der Waals surface area (Å²) in [5.74, 6) is 0. The van der Waals surface area contributed by atoms with Crippen molar-refractivity contribution < 1.29 is 5.11 Å². The van der Waals surface area contributed by atoms with E-state index < -0.39 is 0 Å². The predicted octanol–water partition coefficient (Wildman–Crippen LogP) is 0.830. The van der Waals surface area contributed by atoms with Crippen LogP contribution in [0.4, 0.5) is 0 Å². The van der Waals surface area contributed by atoms with Crippen LogP contribution in [0.3, 0.4) is 0 Å². The second kappa shape index (κ2) is 5.69. The average Bonchev–Trinajstić information content (AvgIpc) is 2.12. The van der Waals surface area contributed by atoms with Crippen molar-refractivity contribution in [2.24, 2.45) is 0 Å². The van der Waals surface area contributed by atoms with E-state index in [2.05, 4.69) is 24.1 Å². The largest absolute Gasteiger partial charge is 0.390 e. The zero-order valence-electron chi connectivity index (χ0n) is 9.66. The van der Waals surface area contributed by atoms with Gasteiger partial charge in [-0.05, 0) is 33.7 Å². The standard InChI is InChI=1S/C11H24N2O/c1-9-5-4-6-10(2)13(9)8-11(14)7-12-3/h9-12,14H,4-8H2,1-3H3. The van der Waals surface area contributed by atoms with Crippen LogP contribution in [0, 0.1) is 0 Å². The number of aliphatic hydroxyl groups excluding tert-OH is 1. The molecule has 0 aromatic heterocycles. The molecule has 0 aliphatic carbocycles. The van der Waals surface area contributed by atoms with Crippen molar-refractivity contribution in [3.05, 3.63) is 0 Å². The van der Waals surface area contributed by atoms with Crippen LogP contribution in [0.2, 0.25) is 0 Å². The van der Waals surface area contributed by atoms with Gasteiger partial charge >= 0.3 is 0 Å². The molecular formula is C11H24N2O. The number of piperidine rings is 1. The van der Waals surface area contributed by atoms with Crippen molar-refractivity contribution in [2.75, 3.05) is 20.1 Å². The Balaban J connectivity index is 2.39. The Hall–Kier alpha value is -0.120. The van der Waals surface area contributed by atoms with E-state index in [4.69, 9.17) is 0 Å². The third-order valence-electron chi connectivity index (χ3n) is 3.24. The van der Waals surface area contributed by atoms with Crippen molar-refractivity contribution in [1.29, 1.82) is 0 Å². The fourth-order valence-corrected chi connectivity index (χ4v) is 2.38. The van der Waals surface area contributed by atoms with Gasteiger partial charge in [0.05, 0.1) is 6.10 Å². The first-order valence-electron chi connectivity index (χ1n) is 5.73. The van der Waals surface area contributed by atoms with E-state index in [-0.39, 0.29) is 6.10 Å². The molecule has 1 rings (SSSR count). The lowest BCUT2D eigenvalue weighted by Crippen LogP contribution is -2.48. The van der Waals surface area contributed by atoms with Gasteiger partial charge in [-0.2, -0.15) is 0 Å². The lowest BCUT2D eigenvalue weighted by atomic mass is 9.97. The molecule has 1 fully saturated rings.